The quantitative estimate of drug-likeness (QED) is 0.823. The van der Waals surface area contributed by atoms with Gasteiger partial charge < -0.3 is 5.32 Å². The van der Waals surface area contributed by atoms with E-state index in [1.807, 2.05) is 0 Å². The molecule has 1 N–H and O–H groups in total. The first-order chi connectivity index (χ1) is 9.35. The van der Waals surface area contributed by atoms with Gasteiger partial charge in [-0.3, -0.25) is 4.68 Å². The Balaban J connectivity index is 2.00. The Labute approximate surface area is 117 Å². The molecule has 1 aromatic heterocycles. The highest BCUT2D eigenvalue weighted by Crippen LogP contribution is 2.27. The molecule has 4 heteroatoms. The number of hydrogen-bond donors (Lipinski definition) is 1. The minimum Gasteiger partial charge on any atom is -0.314 e. The van der Waals surface area contributed by atoms with E-state index >= 15 is 0 Å². The standard InChI is InChI=1S/C15H28N4/c1-3-10-19-15(17-12-18-19)11-14(16-4-2)13-8-6-5-7-9-13/h12-14,16H,3-11H2,1-2H3. The fourth-order valence-corrected chi connectivity index (χ4v) is 3.25. The minimum atomic E-state index is 0.574. The third-order valence-electron chi connectivity index (χ3n) is 4.22. The van der Waals surface area contributed by atoms with Crippen LogP contribution in [0, 0.1) is 5.92 Å². The molecule has 1 atom stereocenters. The van der Waals surface area contributed by atoms with Crippen LogP contribution in [0.5, 0.6) is 0 Å². The topological polar surface area (TPSA) is 42.7 Å². The third kappa shape index (κ3) is 4.03. The van der Waals surface area contributed by atoms with E-state index in [0.29, 0.717) is 6.04 Å². The lowest BCUT2D eigenvalue weighted by molar-refractivity contribution is 0.265. The zero-order valence-corrected chi connectivity index (χ0v) is 12.4. The smallest absolute Gasteiger partial charge is 0.138 e. The zero-order chi connectivity index (χ0) is 13.5. The molecule has 0 aliphatic heterocycles. The Hall–Kier alpha value is -0.900. The van der Waals surface area contributed by atoms with Gasteiger partial charge in [0.15, 0.2) is 0 Å². The highest BCUT2D eigenvalue weighted by Gasteiger charge is 2.24. The molecule has 19 heavy (non-hydrogen) atoms. The van der Waals surface area contributed by atoms with Gasteiger partial charge in [0.1, 0.15) is 12.2 Å². The van der Waals surface area contributed by atoms with Crippen LogP contribution in [0.1, 0.15) is 58.2 Å². The van der Waals surface area contributed by atoms with Crippen molar-refractivity contribution in [2.45, 2.75) is 71.4 Å². The lowest BCUT2D eigenvalue weighted by Crippen LogP contribution is -2.39. The molecule has 1 heterocycles. The van der Waals surface area contributed by atoms with Crippen LogP contribution >= 0.6 is 0 Å². The molecule has 1 aliphatic rings. The molecule has 0 amide bonds. The van der Waals surface area contributed by atoms with E-state index in [1.165, 1.54) is 32.1 Å². The molecule has 1 aliphatic carbocycles. The fraction of sp³-hybridized carbons (Fsp3) is 0.867. The Morgan fingerprint density at radius 3 is 2.79 bits per heavy atom. The molecule has 1 saturated carbocycles. The van der Waals surface area contributed by atoms with E-state index in [4.69, 9.17) is 0 Å². The summed E-state index contributed by atoms with van der Waals surface area (Å²) in [5.41, 5.74) is 0. The normalized spacial score (nSPS) is 18.6. The average Bonchev–Trinajstić information content (AvgIpc) is 2.87. The summed E-state index contributed by atoms with van der Waals surface area (Å²) in [4.78, 5) is 4.46. The van der Waals surface area contributed by atoms with Crippen LogP contribution < -0.4 is 5.32 Å². The number of likely N-dealkylation sites (N-methyl/N-ethyl adjacent to an activating group) is 1. The Kier molecular flexibility index (Phi) is 5.83. The first-order valence-electron chi connectivity index (χ1n) is 7.95. The molecule has 4 nitrogen and oxygen atoms in total. The number of nitrogens with one attached hydrogen (secondary N) is 1. The predicted octanol–water partition coefficient (Wildman–Crippen LogP) is 2.79. The van der Waals surface area contributed by atoms with Crippen molar-refractivity contribution in [3.63, 3.8) is 0 Å². The molecule has 0 aromatic carbocycles. The second-order valence-corrected chi connectivity index (χ2v) is 5.67. The van der Waals surface area contributed by atoms with Crippen molar-refractivity contribution in [2.24, 2.45) is 5.92 Å². The van der Waals surface area contributed by atoms with E-state index in [2.05, 4.69) is 33.9 Å². The van der Waals surface area contributed by atoms with E-state index in [9.17, 15) is 0 Å². The zero-order valence-electron chi connectivity index (χ0n) is 12.4. The van der Waals surface area contributed by atoms with Gasteiger partial charge in [0.05, 0.1) is 0 Å². The van der Waals surface area contributed by atoms with Gasteiger partial charge in [0, 0.05) is 19.0 Å². The summed E-state index contributed by atoms with van der Waals surface area (Å²) in [7, 11) is 0. The molecular weight excluding hydrogens is 236 g/mol. The van der Waals surface area contributed by atoms with Gasteiger partial charge >= 0.3 is 0 Å². The van der Waals surface area contributed by atoms with Crippen molar-refractivity contribution < 1.29 is 0 Å². The second-order valence-electron chi connectivity index (χ2n) is 5.67. The molecule has 1 aromatic rings. The summed E-state index contributed by atoms with van der Waals surface area (Å²) in [5.74, 6) is 1.97. The lowest BCUT2D eigenvalue weighted by Gasteiger charge is -2.30. The number of aromatic nitrogens is 3. The summed E-state index contributed by atoms with van der Waals surface area (Å²) < 4.78 is 2.08. The molecular formula is C15H28N4. The van der Waals surface area contributed by atoms with Gasteiger partial charge in [-0.05, 0) is 31.7 Å². The van der Waals surface area contributed by atoms with Gasteiger partial charge in [-0.1, -0.05) is 33.1 Å². The van der Waals surface area contributed by atoms with Crippen LogP contribution in [0.3, 0.4) is 0 Å². The largest absolute Gasteiger partial charge is 0.314 e. The van der Waals surface area contributed by atoms with Crippen molar-refractivity contribution in [2.75, 3.05) is 6.54 Å². The molecule has 0 spiro atoms. The van der Waals surface area contributed by atoms with Gasteiger partial charge in [0.2, 0.25) is 0 Å². The fourth-order valence-electron chi connectivity index (χ4n) is 3.25. The number of rotatable bonds is 7. The molecule has 1 unspecified atom stereocenters. The van der Waals surface area contributed by atoms with Crippen molar-refractivity contribution in [3.05, 3.63) is 12.2 Å². The summed E-state index contributed by atoms with van der Waals surface area (Å²) in [6.45, 7) is 6.42. The van der Waals surface area contributed by atoms with Gasteiger partial charge in [-0.2, -0.15) is 5.10 Å². The molecule has 108 valence electrons. The molecule has 2 rings (SSSR count). The van der Waals surface area contributed by atoms with Crippen LogP contribution in [-0.2, 0) is 13.0 Å². The summed E-state index contributed by atoms with van der Waals surface area (Å²) in [6.07, 6.45) is 10.8. The molecule has 1 fully saturated rings. The molecule has 0 radical (unpaired) electrons. The second kappa shape index (κ2) is 7.63. The van der Waals surface area contributed by atoms with E-state index in [0.717, 1.165) is 37.7 Å². The maximum absolute atomic E-state index is 4.46. The van der Waals surface area contributed by atoms with Crippen molar-refractivity contribution in [1.29, 1.82) is 0 Å². The van der Waals surface area contributed by atoms with Crippen molar-refractivity contribution in [3.8, 4) is 0 Å². The van der Waals surface area contributed by atoms with Gasteiger partial charge in [-0.25, -0.2) is 4.98 Å². The predicted molar refractivity (Wildman–Crippen MR) is 78.1 cm³/mol. The van der Waals surface area contributed by atoms with Gasteiger partial charge in [0.25, 0.3) is 0 Å². The maximum atomic E-state index is 4.46. The monoisotopic (exact) mass is 264 g/mol. The summed E-state index contributed by atoms with van der Waals surface area (Å²) >= 11 is 0. The van der Waals surface area contributed by atoms with Crippen LogP contribution in [-0.4, -0.2) is 27.4 Å². The highest BCUT2D eigenvalue weighted by atomic mass is 15.3. The SMILES string of the molecule is CCCn1ncnc1CC(NCC)C1CCCCC1. The summed E-state index contributed by atoms with van der Waals surface area (Å²) in [5, 5.41) is 8.02. The van der Waals surface area contributed by atoms with Crippen LogP contribution in [0.2, 0.25) is 0 Å². The summed E-state index contributed by atoms with van der Waals surface area (Å²) in [6, 6.07) is 0.574. The number of nitrogens with zero attached hydrogens (tertiary/aromatic N) is 3. The minimum absolute atomic E-state index is 0.574. The maximum Gasteiger partial charge on any atom is 0.138 e. The van der Waals surface area contributed by atoms with E-state index < -0.39 is 0 Å². The molecule has 0 bridgehead atoms. The Morgan fingerprint density at radius 1 is 1.32 bits per heavy atom. The van der Waals surface area contributed by atoms with Crippen LogP contribution in [0.25, 0.3) is 0 Å². The highest BCUT2D eigenvalue weighted by molar-refractivity contribution is 4.93. The first-order valence-corrected chi connectivity index (χ1v) is 7.95. The van der Waals surface area contributed by atoms with Crippen LogP contribution in [0.15, 0.2) is 6.33 Å². The molecule has 0 saturated heterocycles. The third-order valence-corrected chi connectivity index (χ3v) is 4.22. The van der Waals surface area contributed by atoms with Crippen LogP contribution in [0.4, 0.5) is 0 Å². The first kappa shape index (κ1) is 14.5. The van der Waals surface area contributed by atoms with E-state index in [-0.39, 0.29) is 0 Å². The lowest BCUT2D eigenvalue weighted by atomic mass is 9.82. The van der Waals surface area contributed by atoms with Crippen molar-refractivity contribution in [1.82, 2.24) is 20.1 Å². The van der Waals surface area contributed by atoms with Gasteiger partial charge in [-0.15, -0.1) is 0 Å². The number of aryl methyl sites for hydroxylation is 1. The number of hydrogen-bond acceptors (Lipinski definition) is 3. The van der Waals surface area contributed by atoms with E-state index in [1.54, 1.807) is 6.33 Å². The Bertz CT molecular complexity index is 355. The van der Waals surface area contributed by atoms with Crippen molar-refractivity contribution >= 4 is 0 Å². The Morgan fingerprint density at radius 2 is 2.11 bits per heavy atom. The average molecular weight is 264 g/mol.